The van der Waals surface area contributed by atoms with Crippen LogP contribution < -0.4 is 4.74 Å². The third-order valence-electron chi connectivity index (χ3n) is 8.04. The largest absolute Gasteiger partial charge is 0.480 e. The van der Waals surface area contributed by atoms with Gasteiger partial charge in [0.25, 0.3) is 5.91 Å². The normalized spacial score (nSPS) is 30.8. The number of aromatic nitrogens is 1. The average molecular weight is 434 g/mol. The van der Waals surface area contributed by atoms with E-state index in [-0.39, 0.29) is 41.4 Å². The van der Waals surface area contributed by atoms with E-state index in [1.54, 1.807) is 32.4 Å². The Hall–Kier alpha value is -2.89. The van der Waals surface area contributed by atoms with Crippen LogP contribution in [0, 0.1) is 5.41 Å². The lowest BCUT2D eigenvalue weighted by atomic mass is 9.64. The minimum Gasteiger partial charge on any atom is -0.480 e. The Morgan fingerprint density at radius 3 is 2.50 bits per heavy atom. The Labute approximate surface area is 189 Å². The van der Waals surface area contributed by atoms with E-state index in [2.05, 4.69) is 33.8 Å². The van der Waals surface area contributed by atoms with Crippen molar-refractivity contribution < 1.29 is 14.3 Å². The van der Waals surface area contributed by atoms with Crippen molar-refractivity contribution in [3.8, 4) is 5.88 Å². The maximum Gasteiger partial charge on any atom is 0.259 e. The lowest BCUT2D eigenvalue weighted by Gasteiger charge is -2.52. The van der Waals surface area contributed by atoms with Gasteiger partial charge in [-0.05, 0) is 49.8 Å². The molecule has 6 nitrogen and oxygen atoms in total. The number of amides is 2. The molecule has 3 aliphatic rings. The number of nitrogens with zero attached hydrogens (tertiary/aromatic N) is 3. The molecule has 5 rings (SSSR count). The molecule has 0 radical (unpaired) electrons. The minimum atomic E-state index is -0.0904. The quantitative estimate of drug-likeness (QED) is 0.738. The molecule has 1 saturated carbocycles. The van der Waals surface area contributed by atoms with Crippen molar-refractivity contribution >= 4 is 11.8 Å². The Morgan fingerprint density at radius 1 is 1.09 bits per heavy atom. The smallest absolute Gasteiger partial charge is 0.259 e. The van der Waals surface area contributed by atoms with Crippen LogP contribution in [0.5, 0.6) is 5.88 Å². The zero-order chi connectivity index (χ0) is 22.5. The van der Waals surface area contributed by atoms with Crippen LogP contribution in [0.15, 0.2) is 48.7 Å². The first-order valence-corrected chi connectivity index (χ1v) is 11.6. The van der Waals surface area contributed by atoms with Crippen molar-refractivity contribution in [2.45, 2.75) is 70.1 Å². The van der Waals surface area contributed by atoms with E-state index in [0.29, 0.717) is 11.4 Å². The molecule has 0 unspecified atom stereocenters. The van der Waals surface area contributed by atoms with E-state index in [1.807, 2.05) is 18.2 Å². The summed E-state index contributed by atoms with van der Waals surface area (Å²) in [4.78, 5) is 35.5. The lowest BCUT2D eigenvalue weighted by Crippen LogP contribution is -2.62. The predicted octanol–water partition coefficient (Wildman–Crippen LogP) is 3.71. The maximum atomic E-state index is 14.0. The van der Waals surface area contributed by atoms with E-state index in [4.69, 9.17) is 4.74 Å². The van der Waals surface area contributed by atoms with Gasteiger partial charge in [0.15, 0.2) is 0 Å². The van der Waals surface area contributed by atoms with Crippen LogP contribution in [0.4, 0.5) is 0 Å². The fraction of sp³-hybridized carbons (Fsp3) is 0.500. The summed E-state index contributed by atoms with van der Waals surface area (Å²) in [6, 6.07) is 14.1. The Kier molecular flexibility index (Phi) is 5.19. The third kappa shape index (κ3) is 3.11. The molecule has 0 spiro atoms. The fourth-order valence-electron chi connectivity index (χ4n) is 6.78. The number of methoxy groups -OCH3 is 1. The first-order chi connectivity index (χ1) is 15.5. The van der Waals surface area contributed by atoms with Gasteiger partial charge in [-0.3, -0.25) is 9.59 Å². The number of hydrogen-bond donors (Lipinski definition) is 0. The number of fused-ring (bicyclic) bond motifs is 1. The number of piperidine rings is 1. The number of pyridine rings is 1. The molecule has 1 aliphatic carbocycles. The summed E-state index contributed by atoms with van der Waals surface area (Å²) < 4.78 is 5.43. The molecule has 3 heterocycles. The molecule has 6 heteroatoms. The first-order valence-electron chi connectivity index (χ1n) is 11.6. The van der Waals surface area contributed by atoms with Gasteiger partial charge in [0.2, 0.25) is 11.8 Å². The molecular formula is C26H31N3O3. The zero-order valence-electron chi connectivity index (χ0n) is 19.0. The molecule has 2 bridgehead atoms. The summed E-state index contributed by atoms with van der Waals surface area (Å²) in [6.45, 7) is 3.98. The van der Waals surface area contributed by atoms with Crippen molar-refractivity contribution in [1.29, 1.82) is 0 Å². The number of benzene rings is 1. The Balaban J connectivity index is 1.60. The van der Waals surface area contributed by atoms with E-state index < -0.39 is 0 Å². The molecule has 2 amide bonds. The molecular weight excluding hydrogens is 402 g/mol. The number of likely N-dealkylation sites (tertiary alicyclic amines) is 2. The van der Waals surface area contributed by atoms with Crippen LogP contribution in [-0.4, -0.2) is 57.9 Å². The van der Waals surface area contributed by atoms with E-state index in [9.17, 15) is 9.59 Å². The summed E-state index contributed by atoms with van der Waals surface area (Å²) in [5.74, 6) is 0.443. The van der Waals surface area contributed by atoms with Crippen molar-refractivity contribution in [3.05, 3.63) is 59.8 Å². The maximum absolute atomic E-state index is 14.0. The lowest BCUT2D eigenvalue weighted by molar-refractivity contribution is -0.142. The highest BCUT2D eigenvalue weighted by molar-refractivity contribution is 5.97. The van der Waals surface area contributed by atoms with Crippen molar-refractivity contribution in [1.82, 2.24) is 14.8 Å². The van der Waals surface area contributed by atoms with Crippen molar-refractivity contribution in [2.24, 2.45) is 5.41 Å². The zero-order valence-corrected chi connectivity index (χ0v) is 19.0. The van der Waals surface area contributed by atoms with Crippen LogP contribution in [0.2, 0.25) is 0 Å². The topological polar surface area (TPSA) is 62.7 Å². The molecule has 2 aliphatic heterocycles. The highest BCUT2D eigenvalue weighted by atomic mass is 16.5. The number of ether oxygens (including phenoxy) is 1. The molecule has 2 aromatic rings. The Bertz CT molecular complexity index is 1030. The standard InChI is InChI=1S/C26H31N3O3/c1-17(30)28-20(15-18-9-5-4-6-10-18)21-16-26(2)22(28)12-7-13-23(26)29(21)25(31)19-11-8-14-27-24(19)32-3/h4-6,8-11,14,20-23H,7,12-13,15-16H2,1-3H3/t20-,21-,22+,23-,26+/m0/s1. The Morgan fingerprint density at radius 2 is 1.81 bits per heavy atom. The molecule has 1 aromatic carbocycles. The predicted molar refractivity (Wildman–Crippen MR) is 121 cm³/mol. The molecule has 5 atom stereocenters. The highest BCUT2D eigenvalue weighted by Gasteiger charge is 2.64. The SMILES string of the molecule is COc1ncccc1C(=O)N1[C@H]2CCC[C@H]3N(C(C)=O)[C@@H](Cc4ccccc4)[C@@H]1C[C@@]23C. The number of carbonyl (C=O) groups excluding carboxylic acids is 2. The van der Waals surface area contributed by atoms with Crippen LogP contribution >= 0.6 is 0 Å². The van der Waals surface area contributed by atoms with E-state index in [1.165, 1.54) is 5.56 Å². The van der Waals surface area contributed by atoms with Gasteiger partial charge in [-0.15, -0.1) is 0 Å². The molecule has 3 fully saturated rings. The van der Waals surface area contributed by atoms with Gasteiger partial charge in [-0.1, -0.05) is 37.3 Å². The summed E-state index contributed by atoms with van der Waals surface area (Å²) in [5.41, 5.74) is 1.61. The van der Waals surface area contributed by atoms with Gasteiger partial charge in [0, 0.05) is 30.6 Å². The molecule has 1 aromatic heterocycles. The minimum absolute atomic E-state index is 0.0270. The molecule has 0 N–H and O–H groups in total. The second-order valence-corrected chi connectivity index (χ2v) is 9.70. The van der Waals surface area contributed by atoms with Crippen LogP contribution in [0.1, 0.15) is 55.5 Å². The van der Waals surface area contributed by atoms with Crippen LogP contribution in [-0.2, 0) is 11.2 Å². The number of hydrogen-bond acceptors (Lipinski definition) is 4. The van der Waals surface area contributed by atoms with Crippen molar-refractivity contribution in [2.75, 3.05) is 7.11 Å². The summed E-state index contributed by atoms with van der Waals surface area (Å²) in [6.07, 6.45) is 6.32. The molecule has 32 heavy (non-hydrogen) atoms. The van der Waals surface area contributed by atoms with Crippen LogP contribution in [0.25, 0.3) is 0 Å². The summed E-state index contributed by atoms with van der Waals surface area (Å²) >= 11 is 0. The van der Waals surface area contributed by atoms with Crippen molar-refractivity contribution in [3.63, 3.8) is 0 Å². The van der Waals surface area contributed by atoms with Gasteiger partial charge in [-0.25, -0.2) is 4.98 Å². The van der Waals surface area contributed by atoms with E-state index in [0.717, 1.165) is 32.1 Å². The second kappa shape index (κ2) is 7.91. The fourth-order valence-corrected chi connectivity index (χ4v) is 6.78. The summed E-state index contributed by atoms with van der Waals surface area (Å²) in [5, 5.41) is 0. The number of carbonyl (C=O) groups is 2. The van der Waals surface area contributed by atoms with Crippen LogP contribution in [0.3, 0.4) is 0 Å². The first kappa shape index (κ1) is 21.0. The monoisotopic (exact) mass is 433 g/mol. The second-order valence-electron chi connectivity index (χ2n) is 9.70. The third-order valence-corrected chi connectivity index (χ3v) is 8.04. The highest BCUT2D eigenvalue weighted by Crippen LogP contribution is 2.57. The van der Waals surface area contributed by atoms with Gasteiger partial charge >= 0.3 is 0 Å². The molecule has 168 valence electrons. The van der Waals surface area contributed by atoms with E-state index >= 15 is 0 Å². The molecule has 2 saturated heterocycles. The average Bonchev–Trinajstić information content (AvgIpc) is 3.11. The number of rotatable bonds is 4. The van der Waals surface area contributed by atoms with Gasteiger partial charge in [0.1, 0.15) is 5.56 Å². The van der Waals surface area contributed by atoms with Gasteiger partial charge in [0.05, 0.1) is 19.2 Å². The van der Waals surface area contributed by atoms with Gasteiger partial charge in [-0.2, -0.15) is 0 Å². The summed E-state index contributed by atoms with van der Waals surface area (Å²) in [7, 11) is 1.55. The van der Waals surface area contributed by atoms with Gasteiger partial charge < -0.3 is 14.5 Å².